The van der Waals surface area contributed by atoms with Crippen LogP contribution in [-0.2, 0) is 24.3 Å². The van der Waals surface area contributed by atoms with Gasteiger partial charge in [-0.3, -0.25) is 14.9 Å². The number of hydrogen-bond donors (Lipinski definition) is 0. The molecule has 0 heterocycles. The minimum atomic E-state index is -4.38. The molecule has 0 atom stereocenters. The molecule has 1 rings (SSSR count). The van der Waals surface area contributed by atoms with Crippen LogP contribution in [0.15, 0.2) is 29.2 Å². The lowest BCUT2D eigenvalue weighted by molar-refractivity contribution is -0.387. The number of methoxy groups -OCH3 is 1. The second-order valence-electron chi connectivity index (χ2n) is 3.77. The van der Waals surface area contributed by atoms with Crippen LogP contribution in [0.5, 0.6) is 0 Å². The average Bonchev–Trinajstić information content (AvgIpc) is 2.46. The molecule has 0 bridgehead atoms. The van der Waals surface area contributed by atoms with Crippen molar-refractivity contribution in [3.63, 3.8) is 0 Å². The Hall–Kier alpha value is -2.33. The third-order valence-electron chi connectivity index (χ3n) is 2.49. The van der Waals surface area contributed by atoms with Crippen LogP contribution in [0.4, 0.5) is 5.69 Å². The quantitative estimate of drug-likeness (QED) is 0.299. The summed E-state index contributed by atoms with van der Waals surface area (Å²) in [6, 6.07) is 4.66. The summed E-state index contributed by atoms with van der Waals surface area (Å²) in [5.74, 6) is -0.890. The van der Waals surface area contributed by atoms with Gasteiger partial charge in [-0.25, -0.2) is 8.42 Å². The lowest BCUT2D eigenvalue weighted by Gasteiger charge is -2.18. The predicted molar refractivity (Wildman–Crippen MR) is 69.9 cm³/mol. The van der Waals surface area contributed by atoms with Crippen molar-refractivity contribution in [3.05, 3.63) is 34.4 Å². The molecule has 0 aliphatic carbocycles. The van der Waals surface area contributed by atoms with Gasteiger partial charge in [0.25, 0.3) is 15.7 Å². The molecule has 114 valence electrons. The summed E-state index contributed by atoms with van der Waals surface area (Å²) in [7, 11) is -3.33. The van der Waals surface area contributed by atoms with E-state index in [1.165, 1.54) is 12.1 Å². The molecule has 0 unspecified atom stereocenters. The molecule has 10 heteroatoms. The number of carbonyl (C=O) groups excluding carboxylic acids is 2. The van der Waals surface area contributed by atoms with Crippen LogP contribution in [0.25, 0.3) is 0 Å². The van der Waals surface area contributed by atoms with Crippen LogP contribution in [0.1, 0.15) is 0 Å². The highest BCUT2D eigenvalue weighted by Gasteiger charge is 2.32. The monoisotopic (exact) mass is 316 g/mol. The molecule has 0 aromatic heterocycles. The van der Waals surface area contributed by atoms with Gasteiger partial charge in [-0.2, -0.15) is 4.31 Å². The maximum Gasteiger partial charge on any atom is 0.321 e. The molecule has 0 fully saturated rings. The lowest BCUT2D eigenvalue weighted by atomic mass is 10.3. The van der Waals surface area contributed by atoms with E-state index in [0.717, 1.165) is 19.2 Å². The summed E-state index contributed by atoms with van der Waals surface area (Å²) >= 11 is 0. The van der Waals surface area contributed by atoms with E-state index in [9.17, 15) is 28.1 Å². The summed E-state index contributed by atoms with van der Waals surface area (Å²) in [6.45, 7) is -1.34. The number of nitrogens with zero attached hydrogens (tertiary/aromatic N) is 2. The normalized spacial score (nSPS) is 11.1. The van der Waals surface area contributed by atoms with Gasteiger partial charge in [0.15, 0.2) is 4.90 Å². The summed E-state index contributed by atoms with van der Waals surface area (Å²) in [5.41, 5.74) is -0.640. The number of ether oxygens (including phenoxy) is 1. The molecular formula is C11H12N2O7S. The van der Waals surface area contributed by atoms with Crippen molar-refractivity contribution < 1.29 is 27.7 Å². The van der Waals surface area contributed by atoms with E-state index < -0.39 is 44.6 Å². The summed E-state index contributed by atoms with van der Waals surface area (Å²) < 4.78 is 29.6. The fourth-order valence-corrected chi connectivity index (χ4v) is 2.97. The molecule has 21 heavy (non-hydrogen) atoms. The van der Waals surface area contributed by atoms with Gasteiger partial charge >= 0.3 is 5.97 Å². The van der Waals surface area contributed by atoms with Crippen LogP contribution in [0.2, 0.25) is 0 Å². The van der Waals surface area contributed by atoms with Crippen molar-refractivity contribution >= 4 is 28.0 Å². The zero-order valence-electron chi connectivity index (χ0n) is 11.0. The van der Waals surface area contributed by atoms with Crippen LogP contribution in [0, 0.1) is 10.1 Å². The molecule has 0 saturated heterocycles. The Labute approximate surface area is 120 Å². The first-order chi connectivity index (χ1) is 9.84. The summed E-state index contributed by atoms with van der Waals surface area (Å²) in [4.78, 5) is 31.2. The first kappa shape index (κ1) is 16.7. The zero-order chi connectivity index (χ0) is 16.0. The molecule has 0 radical (unpaired) electrons. The second kappa shape index (κ2) is 6.90. The van der Waals surface area contributed by atoms with Gasteiger partial charge in [0.2, 0.25) is 0 Å². The number of esters is 1. The van der Waals surface area contributed by atoms with Crippen LogP contribution < -0.4 is 0 Å². The minimum absolute atomic E-state index is 0.273. The van der Waals surface area contributed by atoms with Gasteiger partial charge in [-0.15, -0.1) is 0 Å². The highest BCUT2D eigenvalue weighted by atomic mass is 32.2. The van der Waals surface area contributed by atoms with Gasteiger partial charge in [0.05, 0.1) is 18.6 Å². The minimum Gasteiger partial charge on any atom is -0.468 e. The van der Waals surface area contributed by atoms with E-state index in [4.69, 9.17) is 0 Å². The molecular weight excluding hydrogens is 304 g/mol. The van der Waals surface area contributed by atoms with E-state index in [2.05, 4.69) is 4.74 Å². The number of hydrogen-bond acceptors (Lipinski definition) is 7. The molecule has 9 nitrogen and oxygen atoms in total. The molecule has 0 amide bonds. The second-order valence-corrected chi connectivity index (χ2v) is 5.67. The van der Waals surface area contributed by atoms with E-state index in [0.29, 0.717) is 4.31 Å². The number of sulfonamides is 1. The van der Waals surface area contributed by atoms with E-state index in [-0.39, 0.29) is 6.29 Å². The Balaban J connectivity index is 3.32. The number of nitro groups is 1. The number of benzene rings is 1. The van der Waals surface area contributed by atoms with Crippen molar-refractivity contribution in [1.82, 2.24) is 4.31 Å². The Morgan fingerprint density at radius 3 is 2.57 bits per heavy atom. The Bertz CT molecular complexity index is 656. The van der Waals surface area contributed by atoms with Crippen LogP contribution in [-0.4, -0.2) is 50.1 Å². The topological polar surface area (TPSA) is 124 Å². The fraction of sp³-hybridized carbons (Fsp3) is 0.273. The van der Waals surface area contributed by atoms with Crippen molar-refractivity contribution in [3.8, 4) is 0 Å². The zero-order valence-corrected chi connectivity index (χ0v) is 11.8. The molecule has 0 spiro atoms. The summed E-state index contributed by atoms with van der Waals surface area (Å²) in [6.07, 6.45) is 0.273. The Morgan fingerprint density at radius 2 is 2.05 bits per heavy atom. The van der Waals surface area contributed by atoms with Gasteiger partial charge < -0.3 is 9.53 Å². The Kier molecular flexibility index (Phi) is 5.50. The predicted octanol–water partition coefficient (Wildman–Crippen LogP) is -0.0426. The van der Waals surface area contributed by atoms with Crippen LogP contribution in [0.3, 0.4) is 0 Å². The third kappa shape index (κ3) is 3.83. The molecule has 1 aromatic rings. The van der Waals surface area contributed by atoms with E-state index >= 15 is 0 Å². The van der Waals surface area contributed by atoms with Gasteiger partial charge in [0.1, 0.15) is 12.8 Å². The molecule has 0 saturated carbocycles. The smallest absolute Gasteiger partial charge is 0.321 e. The summed E-state index contributed by atoms with van der Waals surface area (Å²) in [5, 5.41) is 10.9. The van der Waals surface area contributed by atoms with Crippen LogP contribution >= 0.6 is 0 Å². The largest absolute Gasteiger partial charge is 0.468 e. The number of carbonyl (C=O) groups is 2. The number of para-hydroxylation sites is 1. The maximum atomic E-state index is 12.4. The molecule has 0 aliphatic rings. The molecule has 1 aromatic carbocycles. The lowest BCUT2D eigenvalue weighted by Crippen LogP contribution is -2.37. The fourth-order valence-electron chi connectivity index (χ4n) is 1.50. The number of nitro benzene ring substituents is 1. The average molecular weight is 316 g/mol. The third-order valence-corrected chi connectivity index (χ3v) is 4.35. The standard InChI is InChI=1S/C11H12N2O7S/c1-20-11(15)8-12(6-7-14)21(18,19)10-5-3-2-4-9(10)13(16)17/h2-5,7H,6,8H2,1H3. The van der Waals surface area contributed by atoms with Gasteiger partial charge in [-0.1, -0.05) is 12.1 Å². The first-order valence-electron chi connectivity index (χ1n) is 5.58. The van der Waals surface area contributed by atoms with Crippen molar-refractivity contribution in [2.75, 3.05) is 20.2 Å². The van der Waals surface area contributed by atoms with E-state index in [1.54, 1.807) is 0 Å². The Morgan fingerprint density at radius 1 is 1.43 bits per heavy atom. The van der Waals surface area contributed by atoms with Crippen molar-refractivity contribution in [2.24, 2.45) is 0 Å². The number of aldehydes is 1. The number of rotatable bonds is 7. The van der Waals surface area contributed by atoms with Gasteiger partial charge in [-0.05, 0) is 6.07 Å². The SMILES string of the molecule is COC(=O)CN(CC=O)S(=O)(=O)c1ccccc1[N+](=O)[O-]. The molecule has 0 aliphatic heterocycles. The maximum absolute atomic E-state index is 12.4. The highest BCUT2D eigenvalue weighted by Crippen LogP contribution is 2.25. The molecule has 0 N–H and O–H groups in total. The van der Waals surface area contributed by atoms with Crippen molar-refractivity contribution in [2.45, 2.75) is 4.90 Å². The van der Waals surface area contributed by atoms with Crippen molar-refractivity contribution in [1.29, 1.82) is 0 Å². The van der Waals surface area contributed by atoms with Gasteiger partial charge in [0, 0.05) is 6.07 Å². The highest BCUT2D eigenvalue weighted by molar-refractivity contribution is 7.89. The first-order valence-corrected chi connectivity index (χ1v) is 7.02. The van der Waals surface area contributed by atoms with E-state index in [1.807, 2.05) is 0 Å².